The summed E-state index contributed by atoms with van der Waals surface area (Å²) in [6, 6.07) is 12.4. The van der Waals surface area contributed by atoms with E-state index < -0.39 is 4.92 Å². The molecule has 0 aliphatic heterocycles. The number of nitro benzene ring substituents is 1. The zero-order valence-electron chi connectivity index (χ0n) is 15.7. The minimum absolute atomic E-state index is 0.125. The predicted molar refractivity (Wildman–Crippen MR) is 113 cm³/mol. The second kappa shape index (κ2) is 10.8. The Bertz CT molecular complexity index is 843. The van der Waals surface area contributed by atoms with Gasteiger partial charge in [0.1, 0.15) is 0 Å². The minimum Gasteiger partial charge on any atom is -0.490 e. The lowest BCUT2D eigenvalue weighted by Crippen LogP contribution is -2.23. The Morgan fingerprint density at radius 1 is 1.25 bits per heavy atom. The van der Waals surface area contributed by atoms with Crippen LogP contribution in [0.3, 0.4) is 0 Å². The van der Waals surface area contributed by atoms with Crippen LogP contribution in [-0.2, 0) is 0 Å². The van der Waals surface area contributed by atoms with Gasteiger partial charge in [-0.15, -0.1) is 0 Å². The van der Waals surface area contributed by atoms with Gasteiger partial charge >= 0.3 is 5.69 Å². The van der Waals surface area contributed by atoms with Crippen LogP contribution in [0.2, 0.25) is 0 Å². The highest BCUT2D eigenvalue weighted by atomic mass is 32.1. The maximum absolute atomic E-state index is 11.5. The quantitative estimate of drug-likeness (QED) is 0.282. The number of nitrogens with one attached hydrogen (secondary N) is 2. The lowest BCUT2D eigenvalue weighted by Gasteiger charge is -2.12. The lowest BCUT2D eigenvalue weighted by molar-refractivity contribution is -0.386. The van der Waals surface area contributed by atoms with E-state index in [1.54, 1.807) is 13.0 Å². The SMILES string of the molecule is CCCOc1c(OCC)cc(/C=N/NC(=S)Nc2ccccc2)cc1[N+](=O)[O-]. The minimum atomic E-state index is -0.500. The maximum Gasteiger partial charge on any atom is 0.315 e. The molecule has 0 fully saturated rings. The molecule has 0 amide bonds. The molecule has 2 aromatic rings. The van der Waals surface area contributed by atoms with Gasteiger partial charge in [0, 0.05) is 17.3 Å². The first-order chi connectivity index (χ1) is 13.5. The van der Waals surface area contributed by atoms with Crippen LogP contribution in [0, 0.1) is 10.1 Å². The fraction of sp³-hybridized carbons (Fsp3) is 0.263. The van der Waals surface area contributed by atoms with E-state index in [9.17, 15) is 10.1 Å². The summed E-state index contributed by atoms with van der Waals surface area (Å²) < 4.78 is 11.1. The summed E-state index contributed by atoms with van der Waals surface area (Å²) in [5.41, 5.74) is 3.80. The van der Waals surface area contributed by atoms with Gasteiger partial charge in [-0.05, 0) is 43.8 Å². The number of hydrogen-bond donors (Lipinski definition) is 2. The first-order valence-corrected chi connectivity index (χ1v) is 9.19. The van der Waals surface area contributed by atoms with E-state index in [2.05, 4.69) is 15.8 Å². The van der Waals surface area contributed by atoms with Crippen molar-refractivity contribution >= 4 is 34.9 Å². The fourth-order valence-electron chi connectivity index (χ4n) is 2.28. The van der Waals surface area contributed by atoms with Gasteiger partial charge in [-0.2, -0.15) is 5.10 Å². The second-order valence-corrected chi connectivity index (χ2v) is 6.00. The summed E-state index contributed by atoms with van der Waals surface area (Å²) in [4.78, 5) is 11.0. The summed E-state index contributed by atoms with van der Waals surface area (Å²) in [6.45, 7) is 4.43. The zero-order chi connectivity index (χ0) is 20.4. The molecule has 0 aliphatic carbocycles. The summed E-state index contributed by atoms with van der Waals surface area (Å²) in [6.07, 6.45) is 2.15. The average molecular weight is 402 g/mol. The van der Waals surface area contributed by atoms with Crippen molar-refractivity contribution < 1.29 is 14.4 Å². The second-order valence-electron chi connectivity index (χ2n) is 5.60. The maximum atomic E-state index is 11.5. The van der Waals surface area contributed by atoms with E-state index in [-0.39, 0.29) is 11.4 Å². The predicted octanol–water partition coefficient (Wildman–Crippen LogP) is 4.10. The molecule has 0 unspecified atom stereocenters. The van der Waals surface area contributed by atoms with Gasteiger partial charge in [-0.3, -0.25) is 15.5 Å². The van der Waals surface area contributed by atoms with Gasteiger partial charge in [-0.25, -0.2) is 0 Å². The largest absolute Gasteiger partial charge is 0.490 e. The molecule has 28 heavy (non-hydrogen) atoms. The Balaban J connectivity index is 2.16. The molecular formula is C19H22N4O4S. The smallest absolute Gasteiger partial charge is 0.315 e. The number of hydrazone groups is 1. The molecule has 0 saturated heterocycles. The standard InChI is InChI=1S/C19H22N4O4S/c1-3-10-27-18-16(23(24)25)11-14(12-17(18)26-4-2)13-20-22-19(28)21-15-8-6-5-7-9-15/h5-9,11-13H,3-4,10H2,1-2H3,(H2,21,22,28)/b20-13+. The first kappa shape index (κ1) is 21.1. The molecule has 0 aromatic heterocycles. The van der Waals surface area contributed by atoms with Gasteiger partial charge in [-0.1, -0.05) is 25.1 Å². The highest BCUT2D eigenvalue weighted by molar-refractivity contribution is 7.80. The molecule has 0 heterocycles. The monoisotopic (exact) mass is 402 g/mol. The molecule has 2 N–H and O–H groups in total. The van der Waals surface area contributed by atoms with Crippen LogP contribution < -0.4 is 20.2 Å². The molecule has 2 rings (SSSR count). The number of ether oxygens (including phenoxy) is 2. The van der Waals surface area contributed by atoms with Crippen LogP contribution in [-0.4, -0.2) is 29.5 Å². The van der Waals surface area contributed by atoms with Crippen LogP contribution in [0.5, 0.6) is 11.5 Å². The van der Waals surface area contributed by atoms with E-state index in [4.69, 9.17) is 21.7 Å². The molecule has 8 nitrogen and oxygen atoms in total. The highest BCUT2D eigenvalue weighted by Gasteiger charge is 2.22. The molecule has 0 spiro atoms. The van der Waals surface area contributed by atoms with Gasteiger partial charge < -0.3 is 14.8 Å². The van der Waals surface area contributed by atoms with E-state index >= 15 is 0 Å². The fourth-order valence-corrected chi connectivity index (χ4v) is 2.45. The summed E-state index contributed by atoms with van der Waals surface area (Å²) >= 11 is 5.17. The first-order valence-electron chi connectivity index (χ1n) is 8.78. The molecule has 2 aromatic carbocycles. The summed E-state index contributed by atoms with van der Waals surface area (Å²) in [7, 11) is 0. The number of anilines is 1. The van der Waals surface area contributed by atoms with Gasteiger partial charge in [0.05, 0.1) is 24.4 Å². The van der Waals surface area contributed by atoms with Crippen molar-refractivity contribution in [1.29, 1.82) is 0 Å². The molecule has 0 saturated carbocycles. The van der Waals surface area contributed by atoms with Gasteiger partial charge in [0.2, 0.25) is 5.75 Å². The molecule has 0 atom stereocenters. The van der Waals surface area contributed by atoms with Crippen molar-refractivity contribution in [2.45, 2.75) is 20.3 Å². The van der Waals surface area contributed by atoms with Crippen molar-refractivity contribution in [2.75, 3.05) is 18.5 Å². The molecule has 9 heteroatoms. The van der Waals surface area contributed by atoms with E-state index in [1.165, 1.54) is 12.3 Å². The van der Waals surface area contributed by atoms with Crippen molar-refractivity contribution in [2.24, 2.45) is 5.10 Å². The van der Waals surface area contributed by atoms with Gasteiger partial charge in [0.25, 0.3) is 0 Å². The number of nitro groups is 1. The summed E-state index contributed by atoms with van der Waals surface area (Å²) in [5.74, 6) is 0.427. The number of rotatable bonds is 9. The summed E-state index contributed by atoms with van der Waals surface area (Å²) in [5, 5.41) is 18.8. The number of nitrogens with zero attached hydrogens (tertiary/aromatic N) is 2. The van der Waals surface area contributed by atoms with Crippen molar-refractivity contribution in [3.8, 4) is 11.5 Å². The number of benzene rings is 2. The van der Waals surface area contributed by atoms with Gasteiger partial charge in [0.15, 0.2) is 10.9 Å². The highest BCUT2D eigenvalue weighted by Crippen LogP contribution is 2.38. The Labute approximate surface area is 168 Å². The van der Waals surface area contributed by atoms with E-state index in [0.717, 1.165) is 12.1 Å². The van der Waals surface area contributed by atoms with Crippen molar-refractivity contribution in [3.05, 3.63) is 58.1 Å². The van der Waals surface area contributed by atoms with Crippen LogP contribution in [0.25, 0.3) is 0 Å². The van der Waals surface area contributed by atoms with E-state index in [0.29, 0.717) is 29.6 Å². The third-order valence-corrected chi connectivity index (χ3v) is 3.61. The Morgan fingerprint density at radius 2 is 2.00 bits per heavy atom. The molecular weight excluding hydrogens is 380 g/mol. The van der Waals surface area contributed by atoms with Crippen LogP contribution in [0.4, 0.5) is 11.4 Å². The molecule has 0 aliphatic rings. The number of hydrogen-bond acceptors (Lipinski definition) is 6. The lowest BCUT2D eigenvalue weighted by atomic mass is 10.2. The van der Waals surface area contributed by atoms with E-state index in [1.807, 2.05) is 37.3 Å². The average Bonchev–Trinajstić information content (AvgIpc) is 2.67. The third kappa shape index (κ3) is 6.20. The Kier molecular flexibility index (Phi) is 8.16. The third-order valence-electron chi connectivity index (χ3n) is 3.42. The topological polar surface area (TPSA) is 98.0 Å². The molecule has 148 valence electrons. The normalized spacial score (nSPS) is 10.5. The van der Waals surface area contributed by atoms with Crippen LogP contribution >= 0.6 is 12.2 Å². The number of thiocarbonyl (C=S) groups is 1. The van der Waals surface area contributed by atoms with Crippen LogP contribution in [0.15, 0.2) is 47.6 Å². The van der Waals surface area contributed by atoms with Crippen molar-refractivity contribution in [3.63, 3.8) is 0 Å². The Morgan fingerprint density at radius 3 is 2.64 bits per heavy atom. The zero-order valence-corrected chi connectivity index (χ0v) is 16.5. The van der Waals surface area contributed by atoms with Crippen molar-refractivity contribution in [1.82, 2.24) is 5.43 Å². The molecule has 0 bridgehead atoms. The molecule has 0 radical (unpaired) electrons. The Hall–Kier alpha value is -3.20. The van der Waals surface area contributed by atoms with Crippen LogP contribution in [0.1, 0.15) is 25.8 Å². The number of para-hydroxylation sites is 1.